The van der Waals surface area contributed by atoms with Crippen LogP contribution in [0, 0.1) is 10.8 Å². The second-order valence-electron chi connectivity index (χ2n) is 7.09. The Hall–Kier alpha value is -2.09. The van der Waals surface area contributed by atoms with E-state index in [1.54, 1.807) is 25.1 Å². The predicted octanol–water partition coefficient (Wildman–Crippen LogP) is 5.09. The number of carbonyl (C=O) groups is 1. The summed E-state index contributed by atoms with van der Waals surface area (Å²) in [7, 11) is 3.47. The highest BCUT2D eigenvalue weighted by Gasteiger charge is 2.38. The van der Waals surface area contributed by atoms with Crippen LogP contribution in [0.3, 0.4) is 0 Å². The number of allylic oxidation sites excluding steroid dienone is 5. The second kappa shape index (κ2) is 6.99. The number of amides is 1. The highest BCUT2D eigenvalue weighted by Crippen LogP contribution is 2.45. The molecular formula is C21H31NO. The monoisotopic (exact) mass is 313 g/mol. The molecule has 0 aromatic heterocycles. The maximum atomic E-state index is 12.5. The molecule has 0 rings (SSSR count). The van der Waals surface area contributed by atoms with Gasteiger partial charge in [0.15, 0.2) is 0 Å². The van der Waals surface area contributed by atoms with Gasteiger partial charge in [0, 0.05) is 19.5 Å². The van der Waals surface area contributed by atoms with E-state index in [2.05, 4.69) is 39.5 Å². The van der Waals surface area contributed by atoms with Gasteiger partial charge in [0.1, 0.15) is 0 Å². The van der Waals surface area contributed by atoms with Gasteiger partial charge in [-0.1, -0.05) is 59.4 Å². The number of nitrogens with zero attached hydrogens (tertiary/aromatic N) is 1. The molecule has 0 heterocycles. The Morgan fingerprint density at radius 1 is 0.826 bits per heavy atom. The topological polar surface area (TPSA) is 20.3 Å². The molecule has 0 aromatic carbocycles. The van der Waals surface area contributed by atoms with E-state index in [0.717, 1.165) is 22.3 Å². The van der Waals surface area contributed by atoms with E-state index >= 15 is 0 Å². The largest absolute Gasteiger partial charge is 0.348 e. The molecule has 0 bridgehead atoms. The van der Waals surface area contributed by atoms with Crippen molar-refractivity contribution < 1.29 is 4.79 Å². The summed E-state index contributed by atoms with van der Waals surface area (Å²) in [5.41, 5.74) is 2.47. The summed E-state index contributed by atoms with van der Waals surface area (Å²) >= 11 is 0. The minimum atomic E-state index is -0.741. The number of hydrogen-bond donors (Lipinski definition) is 0. The molecule has 126 valence electrons. The van der Waals surface area contributed by atoms with Gasteiger partial charge in [0.05, 0.1) is 5.41 Å². The summed E-state index contributed by atoms with van der Waals surface area (Å²) < 4.78 is 0. The predicted molar refractivity (Wildman–Crippen MR) is 102 cm³/mol. The smallest absolute Gasteiger partial charge is 0.232 e. The van der Waals surface area contributed by atoms with Crippen molar-refractivity contribution in [2.75, 3.05) is 14.1 Å². The summed E-state index contributed by atoms with van der Waals surface area (Å²) in [6.45, 7) is 31.9. The zero-order valence-electron chi connectivity index (χ0n) is 15.7. The van der Waals surface area contributed by atoms with Crippen molar-refractivity contribution >= 4 is 5.91 Å². The molecule has 0 N–H and O–H groups in total. The van der Waals surface area contributed by atoms with Crippen LogP contribution in [-0.4, -0.2) is 24.9 Å². The van der Waals surface area contributed by atoms with Gasteiger partial charge in [0.2, 0.25) is 5.91 Å². The lowest BCUT2D eigenvalue weighted by Gasteiger charge is -2.38. The molecular weight excluding hydrogens is 282 g/mol. The zero-order chi connectivity index (χ0) is 18.7. The van der Waals surface area contributed by atoms with Crippen molar-refractivity contribution in [2.24, 2.45) is 10.8 Å². The molecule has 23 heavy (non-hydrogen) atoms. The third-order valence-corrected chi connectivity index (χ3v) is 4.57. The van der Waals surface area contributed by atoms with E-state index in [1.165, 1.54) is 0 Å². The van der Waals surface area contributed by atoms with E-state index < -0.39 is 10.8 Å². The molecule has 0 saturated carbocycles. The first-order valence-electron chi connectivity index (χ1n) is 7.54. The van der Waals surface area contributed by atoms with Crippen LogP contribution in [0.5, 0.6) is 0 Å². The van der Waals surface area contributed by atoms with E-state index in [-0.39, 0.29) is 5.91 Å². The SMILES string of the molecule is C=CC(=C)C(=C)C(=C)C(C)(C)C(=C)C(=C)C(C)(C)C(=O)N(C)C. The van der Waals surface area contributed by atoms with Gasteiger partial charge in [-0.3, -0.25) is 4.79 Å². The maximum absolute atomic E-state index is 12.5. The Labute approximate surface area is 142 Å². The van der Waals surface area contributed by atoms with Crippen LogP contribution >= 0.6 is 0 Å². The Morgan fingerprint density at radius 2 is 1.22 bits per heavy atom. The number of carbonyl (C=O) groups excluding carboxylic acids is 1. The van der Waals surface area contributed by atoms with Crippen molar-refractivity contribution in [1.82, 2.24) is 4.90 Å². The first-order valence-corrected chi connectivity index (χ1v) is 7.54. The Bertz CT molecular complexity index is 597. The first kappa shape index (κ1) is 20.9. The molecule has 0 spiro atoms. The fourth-order valence-corrected chi connectivity index (χ4v) is 2.32. The molecule has 0 aliphatic heterocycles. The normalized spacial score (nSPS) is 11.4. The minimum absolute atomic E-state index is 0.0145. The maximum Gasteiger partial charge on any atom is 0.232 e. The van der Waals surface area contributed by atoms with Crippen molar-refractivity contribution in [2.45, 2.75) is 27.7 Å². The lowest BCUT2D eigenvalue weighted by Crippen LogP contribution is -2.39. The molecule has 0 aliphatic rings. The minimum Gasteiger partial charge on any atom is -0.348 e. The van der Waals surface area contributed by atoms with Crippen LogP contribution in [0.4, 0.5) is 0 Å². The molecule has 2 heteroatoms. The average molecular weight is 313 g/mol. The summed E-state index contributed by atoms with van der Waals surface area (Å²) in [5.74, 6) is -0.0145. The zero-order valence-corrected chi connectivity index (χ0v) is 15.7. The molecule has 0 atom stereocenters. The van der Waals surface area contributed by atoms with Crippen LogP contribution in [0.15, 0.2) is 73.4 Å². The van der Waals surface area contributed by atoms with E-state index in [4.69, 9.17) is 0 Å². The molecule has 1 amide bonds. The molecule has 0 unspecified atom stereocenters. The summed E-state index contributed by atoms with van der Waals surface area (Å²) in [5, 5.41) is 0. The van der Waals surface area contributed by atoms with Gasteiger partial charge in [-0.25, -0.2) is 0 Å². The molecule has 0 aromatic rings. The molecule has 0 saturated heterocycles. The Balaban J connectivity index is 5.66. The van der Waals surface area contributed by atoms with Crippen molar-refractivity contribution in [3.05, 3.63) is 73.4 Å². The molecule has 0 aliphatic carbocycles. The van der Waals surface area contributed by atoms with Crippen LogP contribution in [-0.2, 0) is 4.79 Å². The summed E-state index contributed by atoms with van der Waals surface area (Å²) in [6.07, 6.45) is 1.65. The third kappa shape index (κ3) is 4.01. The first-order chi connectivity index (χ1) is 10.2. The van der Waals surface area contributed by atoms with E-state index in [1.807, 2.05) is 27.7 Å². The summed E-state index contributed by atoms with van der Waals surface area (Å²) in [4.78, 5) is 14.0. The number of rotatable bonds is 8. The molecule has 2 nitrogen and oxygen atoms in total. The third-order valence-electron chi connectivity index (χ3n) is 4.57. The standard InChI is InChI=1S/C21H31NO/c1-13-14(2)15(3)16(4)20(7,8)17(5)18(6)21(9,10)19(23)22(11)12/h13H,1-6H2,7-12H3. The average Bonchev–Trinajstić information content (AvgIpc) is 2.49. The van der Waals surface area contributed by atoms with Gasteiger partial charge in [-0.05, 0) is 41.7 Å². The molecule has 0 radical (unpaired) electrons. The van der Waals surface area contributed by atoms with Crippen LogP contribution in [0.25, 0.3) is 0 Å². The lowest BCUT2D eigenvalue weighted by atomic mass is 9.67. The Morgan fingerprint density at radius 3 is 1.57 bits per heavy atom. The summed E-state index contributed by atoms with van der Waals surface area (Å²) in [6, 6.07) is 0. The van der Waals surface area contributed by atoms with Gasteiger partial charge < -0.3 is 4.90 Å². The van der Waals surface area contributed by atoms with Crippen LogP contribution in [0.2, 0.25) is 0 Å². The Kier molecular flexibility index (Phi) is 6.36. The van der Waals surface area contributed by atoms with Crippen molar-refractivity contribution in [1.29, 1.82) is 0 Å². The van der Waals surface area contributed by atoms with Crippen molar-refractivity contribution in [3.8, 4) is 0 Å². The van der Waals surface area contributed by atoms with Crippen molar-refractivity contribution in [3.63, 3.8) is 0 Å². The van der Waals surface area contributed by atoms with Crippen LogP contribution < -0.4 is 0 Å². The van der Waals surface area contributed by atoms with Gasteiger partial charge in [-0.15, -0.1) is 0 Å². The molecule has 0 fully saturated rings. The lowest BCUT2D eigenvalue weighted by molar-refractivity contribution is -0.135. The van der Waals surface area contributed by atoms with Crippen LogP contribution in [0.1, 0.15) is 27.7 Å². The highest BCUT2D eigenvalue weighted by atomic mass is 16.2. The van der Waals surface area contributed by atoms with Gasteiger partial charge in [-0.2, -0.15) is 0 Å². The van der Waals surface area contributed by atoms with E-state index in [0.29, 0.717) is 5.57 Å². The van der Waals surface area contributed by atoms with Gasteiger partial charge >= 0.3 is 0 Å². The second-order valence-corrected chi connectivity index (χ2v) is 7.09. The van der Waals surface area contributed by atoms with E-state index in [9.17, 15) is 4.79 Å². The highest BCUT2D eigenvalue weighted by molar-refractivity contribution is 5.86. The fourth-order valence-electron chi connectivity index (χ4n) is 2.32. The number of hydrogen-bond acceptors (Lipinski definition) is 1. The fraction of sp³-hybridized carbons (Fsp3) is 0.381. The quantitative estimate of drug-likeness (QED) is 0.571. The van der Waals surface area contributed by atoms with Gasteiger partial charge in [0.25, 0.3) is 0 Å².